The van der Waals surface area contributed by atoms with E-state index in [4.69, 9.17) is 4.74 Å². The molecular formula is C20H25N5O2. The Morgan fingerprint density at radius 1 is 1.22 bits per heavy atom. The van der Waals surface area contributed by atoms with Crippen LogP contribution in [-0.4, -0.2) is 52.1 Å². The molecule has 4 heterocycles. The number of hydrogen-bond donors (Lipinski definition) is 1. The first-order chi connectivity index (χ1) is 13.3. The molecule has 2 aromatic rings. The lowest BCUT2D eigenvalue weighted by atomic mass is 9.99. The van der Waals surface area contributed by atoms with Gasteiger partial charge < -0.3 is 10.1 Å². The standard InChI is InChI=1S/C20H25N5O2/c26-20(24-19-13-21-8-9-22-19)17-4-1-3-16(23-17)18-5-2-10-25(18)14-15-6-11-27-12-7-15/h1,3-4,8-9,13,15,18H,2,5-7,10-12,14H2,(H,22,24,26)/t18-/m0/s1. The van der Waals surface area contributed by atoms with Gasteiger partial charge in [-0.1, -0.05) is 6.07 Å². The maximum atomic E-state index is 12.5. The van der Waals surface area contributed by atoms with Crippen LogP contribution in [0.1, 0.15) is 47.9 Å². The van der Waals surface area contributed by atoms with E-state index in [0.717, 1.165) is 51.3 Å². The largest absolute Gasteiger partial charge is 0.381 e. The van der Waals surface area contributed by atoms with Crippen LogP contribution in [0.25, 0.3) is 0 Å². The van der Waals surface area contributed by atoms with Gasteiger partial charge in [0.1, 0.15) is 5.69 Å². The third kappa shape index (κ3) is 4.48. The van der Waals surface area contributed by atoms with Crippen LogP contribution in [-0.2, 0) is 4.74 Å². The molecule has 0 radical (unpaired) electrons. The Morgan fingerprint density at radius 3 is 2.93 bits per heavy atom. The van der Waals surface area contributed by atoms with E-state index in [0.29, 0.717) is 17.4 Å². The maximum Gasteiger partial charge on any atom is 0.275 e. The fraction of sp³-hybridized carbons (Fsp3) is 0.500. The van der Waals surface area contributed by atoms with Crippen LogP contribution in [0.3, 0.4) is 0 Å². The van der Waals surface area contributed by atoms with E-state index in [2.05, 4.69) is 25.2 Å². The summed E-state index contributed by atoms with van der Waals surface area (Å²) in [5.41, 5.74) is 1.39. The predicted octanol–water partition coefficient (Wildman–Crippen LogP) is 2.69. The average molecular weight is 367 g/mol. The Bertz CT molecular complexity index is 764. The number of likely N-dealkylation sites (tertiary alicyclic amines) is 1. The van der Waals surface area contributed by atoms with Crippen LogP contribution in [0.15, 0.2) is 36.8 Å². The van der Waals surface area contributed by atoms with E-state index >= 15 is 0 Å². The summed E-state index contributed by atoms with van der Waals surface area (Å²) in [4.78, 5) is 27.8. The molecule has 0 aliphatic carbocycles. The molecular weight excluding hydrogens is 342 g/mol. The Balaban J connectivity index is 1.45. The van der Waals surface area contributed by atoms with Crippen molar-refractivity contribution in [3.05, 3.63) is 48.2 Å². The fourth-order valence-electron chi connectivity index (χ4n) is 3.95. The molecule has 0 unspecified atom stereocenters. The summed E-state index contributed by atoms with van der Waals surface area (Å²) < 4.78 is 5.48. The zero-order chi connectivity index (χ0) is 18.5. The molecule has 7 heteroatoms. The van der Waals surface area contributed by atoms with Crippen LogP contribution >= 0.6 is 0 Å². The molecule has 2 aliphatic heterocycles. The Labute approximate surface area is 159 Å². The molecule has 0 saturated carbocycles. The zero-order valence-electron chi connectivity index (χ0n) is 15.4. The quantitative estimate of drug-likeness (QED) is 0.875. The lowest BCUT2D eigenvalue weighted by Crippen LogP contribution is -2.32. The Hall–Kier alpha value is -2.38. The van der Waals surface area contributed by atoms with Gasteiger partial charge in [-0.3, -0.25) is 14.7 Å². The van der Waals surface area contributed by atoms with Gasteiger partial charge in [-0.25, -0.2) is 9.97 Å². The number of ether oxygens (including phenoxy) is 1. The van der Waals surface area contributed by atoms with Crippen LogP contribution < -0.4 is 5.32 Å². The smallest absolute Gasteiger partial charge is 0.275 e. The number of nitrogens with zero attached hydrogens (tertiary/aromatic N) is 4. The van der Waals surface area contributed by atoms with Crippen molar-refractivity contribution < 1.29 is 9.53 Å². The number of anilines is 1. The monoisotopic (exact) mass is 367 g/mol. The molecule has 2 saturated heterocycles. The van der Waals surface area contributed by atoms with Gasteiger partial charge in [-0.15, -0.1) is 0 Å². The number of nitrogens with one attached hydrogen (secondary N) is 1. The zero-order valence-corrected chi connectivity index (χ0v) is 15.4. The van der Waals surface area contributed by atoms with Gasteiger partial charge in [0.2, 0.25) is 0 Å². The summed E-state index contributed by atoms with van der Waals surface area (Å²) in [5.74, 6) is 0.866. The highest BCUT2D eigenvalue weighted by molar-refractivity contribution is 6.02. The first-order valence-corrected chi connectivity index (χ1v) is 9.66. The second kappa shape index (κ2) is 8.54. The van der Waals surface area contributed by atoms with Crippen LogP contribution in [0.5, 0.6) is 0 Å². The van der Waals surface area contributed by atoms with E-state index in [9.17, 15) is 4.79 Å². The van der Waals surface area contributed by atoms with Gasteiger partial charge in [0, 0.05) is 32.2 Å². The van der Waals surface area contributed by atoms with E-state index in [1.807, 2.05) is 12.1 Å². The summed E-state index contributed by atoms with van der Waals surface area (Å²) in [5, 5.41) is 2.75. The van der Waals surface area contributed by atoms with Crippen molar-refractivity contribution in [3.8, 4) is 0 Å². The SMILES string of the molecule is O=C(Nc1cnccn1)c1cccc([C@@H]2CCCN2CC2CCOCC2)n1. The van der Waals surface area contributed by atoms with Crippen molar-refractivity contribution in [2.75, 3.05) is 31.6 Å². The minimum absolute atomic E-state index is 0.258. The molecule has 27 heavy (non-hydrogen) atoms. The minimum Gasteiger partial charge on any atom is -0.381 e. The molecule has 4 rings (SSSR count). The first kappa shape index (κ1) is 18.0. The number of amides is 1. The number of hydrogen-bond acceptors (Lipinski definition) is 6. The second-order valence-corrected chi connectivity index (χ2v) is 7.20. The summed E-state index contributed by atoms with van der Waals surface area (Å²) in [6.07, 6.45) is 9.17. The lowest BCUT2D eigenvalue weighted by Gasteiger charge is -2.30. The highest BCUT2D eigenvalue weighted by Gasteiger charge is 2.30. The van der Waals surface area contributed by atoms with Gasteiger partial charge in [-0.2, -0.15) is 0 Å². The number of pyridine rings is 1. The van der Waals surface area contributed by atoms with Gasteiger partial charge in [0.05, 0.1) is 17.9 Å². The summed E-state index contributed by atoms with van der Waals surface area (Å²) in [7, 11) is 0. The van der Waals surface area contributed by atoms with Gasteiger partial charge in [0.15, 0.2) is 5.82 Å². The Kier molecular flexibility index (Phi) is 5.69. The molecule has 0 spiro atoms. The molecule has 1 N–H and O–H groups in total. The molecule has 0 aromatic carbocycles. The number of carbonyl (C=O) groups excluding carboxylic acids is 1. The fourth-order valence-corrected chi connectivity index (χ4v) is 3.95. The molecule has 2 aromatic heterocycles. The molecule has 2 fully saturated rings. The van der Waals surface area contributed by atoms with Crippen LogP contribution in [0.2, 0.25) is 0 Å². The van der Waals surface area contributed by atoms with Crippen molar-refractivity contribution in [3.63, 3.8) is 0 Å². The highest BCUT2D eigenvalue weighted by atomic mass is 16.5. The third-order valence-electron chi connectivity index (χ3n) is 5.35. The van der Waals surface area contributed by atoms with Crippen LogP contribution in [0.4, 0.5) is 5.82 Å². The first-order valence-electron chi connectivity index (χ1n) is 9.66. The lowest BCUT2D eigenvalue weighted by molar-refractivity contribution is 0.0504. The van der Waals surface area contributed by atoms with E-state index in [1.54, 1.807) is 18.5 Å². The van der Waals surface area contributed by atoms with E-state index in [-0.39, 0.29) is 11.9 Å². The number of aromatic nitrogens is 3. The molecule has 1 amide bonds. The minimum atomic E-state index is -0.258. The van der Waals surface area contributed by atoms with Crippen LogP contribution in [0, 0.1) is 5.92 Å². The molecule has 0 bridgehead atoms. The molecule has 2 aliphatic rings. The summed E-state index contributed by atoms with van der Waals surface area (Å²) in [6, 6.07) is 5.98. The van der Waals surface area contributed by atoms with Crippen molar-refractivity contribution in [1.29, 1.82) is 0 Å². The van der Waals surface area contributed by atoms with Crippen molar-refractivity contribution >= 4 is 11.7 Å². The van der Waals surface area contributed by atoms with Crippen molar-refractivity contribution in [2.24, 2.45) is 5.92 Å². The van der Waals surface area contributed by atoms with Gasteiger partial charge >= 0.3 is 0 Å². The van der Waals surface area contributed by atoms with E-state index in [1.165, 1.54) is 12.6 Å². The molecule has 7 nitrogen and oxygen atoms in total. The number of rotatable bonds is 5. The van der Waals surface area contributed by atoms with Crippen molar-refractivity contribution in [1.82, 2.24) is 19.9 Å². The summed E-state index contributed by atoms with van der Waals surface area (Å²) >= 11 is 0. The van der Waals surface area contributed by atoms with Gasteiger partial charge in [0.25, 0.3) is 5.91 Å². The normalized spacial score (nSPS) is 21.3. The Morgan fingerprint density at radius 2 is 2.11 bits per heavy atom. The average Bonchev–Trinajstić information content (AvgIpc) is 3.18. The third-order valence-corrected chi connectivity index (χ3v) is 5.35. The second-order valence-electron chi connectivity index (χ2n) is 7.20. The molecule has 1 atom stereocenters. The predicted molar refractivity (Wildman–Crippen MR) is 101 cm³/mol. The van der Waals surface area contributed by atoms with E-state index < -0.39 is 0 Å². The van der Waals surface area contributed by atoms with Gasteiger partial charge in [-0.05, 0) is 50.3 Å². The highest BCUT2D eigenvalue weighted by Crippen LogP contribution is 2.32. The van der Waals surface area contributed by atoms with Crippen molar-refractivity contribution in [2.45, 2.75) is 31.7 Å². The number of carbonyl (C=O) groups is 1. The molecule has 142 valence electrons. The topological polar surface area (TPSA) is 80.2 Å². The summed E-state index contributed by atoms with van der Waals surface area (Å²) in [6.45, 7) is 3.93. The maximum absolute atomic E-state index is 12.5.